The molecule has 1 heterocycles. The molecule has 28 heavy (non-hydrogen) atoms. The third-order valence-corrected chi connectivity index (χ3v) is 6.02. The summed E-state index contributed by atoms with van der Waals surface area (Å²) in [6.07, 6.45) is 6.05. The Labute approximate surface area is 163 Å². The van der Waals surface area contributed by atoms with Gasteiger partial charge in [0, 0.05) is 5.56 Å². The average Bonchev–Trinajstić information content (AvgIpc) is 3.52. The molecule has 3 amide bonds. The summed E-state index contributed by atoms with van der Waals surface area (Å²) in [6, 6.07) is 5.02. The van der Waals surface area contributed by atoms with Gasteiger partial charge in [0.25, 0.3) is 5.91 Å². The summed E-state index contributed by atoms with van der Waals surface area (Å²) in [4.78, 5) is 50.0. The lowest BCUT2D eigenvalue weighted by Gasteiger charge is -2.20. The van der Waals surface area contributed by atoms with E-state index in [-0.39, 0.29) is 11.7 Å². The number of benzene rings is 1. The van der Waals surface area contributed by atoms with Gasteiger partial charge < -0.3 is 10.1 Å². The number of carbonyl (C=O) groups is 4. The predicted molar refractivity (Wildman–Crippen MR) is 99.7 cm³/mol. The van der Waals surface area contributed by atoms with Gasteiger partial charge in [0.1, 0.15) is 12.1 Å². The Balaban J connectivity index is 1.32. The lowest BCUT2D eigenvalue weighted by molar-refractivity contribution is -0.146. The molecular formula is C21H24N2O5. The summed E-state index contributed by atoms with van der Waals surface area (Å²) < 4.78 is 5.04. The molecule has 1 N–H and O–H groups in total. The minimum Gasteiger partial charge on any atom is -0.456 e. The molecule has 0 radical (unpaired) electrons. The minimum absolute atomic E-state index is 0.121. The van der Waals surface area contributed by atoms with Gasteiger partial charge in [0.05, 0.1) is 0 Å². The number of hydrogen-bond acceptors (Lipinski definition) is 5. The summed E-state index contributed by atoms with van der Waals surface area (Å²) in [6.45, 7) is 0.807. The van der Waals surface area contributed by atoms with E-state index < -0.39 is 36.6 Å². The second-order valence-electron chi connectivity index (χ2n) is 8.07. The third kappa shape index (κ3) is 3.41. The Morgan fingerprint density at radius 3 is 2.61 bits per heavy atom. The van der Waals surface area contributed by atoms with E-state index in [1.807, 2.05) is 12.1 Å². The van der Waals surface area contributed by atoms with Crippen LogP contribution in [0, 0.1) is 5.92 Å². The number of nitrogens with zero attached hydrogens (tertiary/aromatic N) is 1. The van der Waals surface area contributed by atoms with Crippen molar-refractivity contribution in [3.05, 3.63) is 34.9 Å². The number of imide groups is 1. The number of carbonyl (C=O) groups excluding carboxylic acids is 4. The first-order valence-corrected chi connectivity index (χ1v) is 9.83. The molecule has 1 saturated heterocycles. The van der Waals surface area contributed by atoms with Gasteiger partial charge in [-0.15, -0.1) is 0 Å². The first kappa shape index (κ1) is 18.7. The summed E-state index contributed by atoms with van der Waals surface area (Å²) in [5, 5.41) is 2.68. The molecule has 0 unspecified atom stereocenters. The fourth-order valence-corrected chi connectivity index (χ4v) is 4.11. The molecule has 1 atom stereocenters. The molecule has 1 saturated carbocycles. The van der Waals surface area contributed by atoms with Crippen LogP contribution in [0.25, 0.3) is 0 Å². The van der Waals surface area contributed by atoms with Crippen molar-refractivity contribution >= 4 is 23.7 Å². The van der Waals surface area contributed by atoms with Gasteiger partial charge in [-0.1, -0.05) is 12.1 Å². The van der Waals surface area contributed by atoms with Gasteiger partial charge in [-0.25, -0.2) is 4.79 Å². The number of Topliss-reactive ketones (excluding diaryl/α,β-unsaturated/α-hetero) is 1. The van der Waals surface area contributed by atoms with Gasteiger partial charge in [0.2, 0.25) is 0 Å². The maximum absolute atomic E-state index is 12.5. The molecule has 0 bridgehead atoms. The standard InChI is InChI=1S/C21H24N2O5/c1-21(16-8-9-16)19(26)23(20(27)22-21)11-18(25)28-12-17(24)15-7-6-13-4-2-3-5-14(13)10-15/h6-7,10,16H,2-5,8-9,11-12H2,1H3,(H,22,27)/t21-/m1/s1. The number of nitrogens with one attached hydrogen (secondary N) is 1. The highest BCUT2D eigenvalue weighted by molar-refractivity contribution is 6.09. The second-order valence-corrected chi connectivity index (χ2v) is 8.07. The topological polar surface area (TPSA) is 92.8 Å². The zero-order valence-electron chi connectivity index (χ0n) is 16.0. The molecule has 7 nitrogen and oxygen atoms in total. The molecule has 3 aliphatic rings. The fourth-order valence-electron chi connectivity index (χ4n) is 4.11. The average molecular weight is 384 g/mol. The molecule has 4 rings (SSSR count). The van der Waals surface area contributed by atoms with Gasteiger partial charge in [-0.05, 0) is 68.6 Å². The number of fused-ring (bicyclic) bond motifs is 1. The summed E-state index contributed by atoms with van der Waals surface area (Å²) >= 11 is 0. The molecule has 2 aliphatic carbocycles. The van der Waals surface area contributed by atoms with Crippen molar-refractivity contribution in [2.75, 3.05) is 13.2 Å². The maximum atomic E-state index is 12.5. The monoisotopic (exact) mass is 384 g/mol. The van der Waals surface area contributed by atoms with E-state index in [0.717, 1.165) is 37.0 Å². The number of rotatable bonds is 6. The fraction of sp³-hybridized carbons (Fsp3) is 0.524. The van der Waals surface area contributed by atoms with Crippen LogP contribution in [-0.2, 0) is 27.2 Å². The maximum Gasteiger partial charge on any atom is 0.326 e. The van der Waals surface area contributed by atoms with Crippen LogP contribution >= 0.6 is 0 Å². The van der Waals surface area contributed by atoms with E-state index >= 15 is 0 Å². The molecule has 1 aromatic rings. The minimum atomic E-state index is -0.934. The van der Waals surface area contributed by atoms with Crippen LogP contribution in [0.3, 0.4) is 0 Å². The summed E-state index contributed by atoms with van der Waals surface area (Å²) in [5.41, 5.74) is 2.04. The number of hydrogen-bond donors (Lipinski definition) is 1. The van der Waals surface area contributed by atoms with Crippen LogP contribution in [0.2, 0.25) is 0 Å². The highest BCUT2D eigenvalue weighted by atomic mass is 16.5. The van der Waals surface area contributed by atoms with Crippen LogP contribution in [0.15, 0.2) is 18.2 Å². The molecule has 0 aromatic heterocycles. The van der Waals surface area contributed by atoms with E-state index in [0.29, 0.717) is 5.56 Å². The van der Waals surface area contributed by atoms with E-state index in [1.54, 1.807) is 13.0 Å². The normalized spacial score (nSPS) is 24.0. The van der Waals surface area contributed by atoms with Crippen molar-refractivity contribution in [3.8, 4) is 0 Å². The number of ether oxygens (including phenoxy) is 1. The summed E-state index contributed by atoms with van der Waals surface area (Å²) in [7, 11) is 0. The number of esters is 1. The number of amides is 3. The van der Waals surface area contributed by atoms with Crippen LogP contribution in [0.5, 0.6) is 0 Å². The van der Waals surface area contributed by atoms with Crippen LogP contribution < -0.4 is 5.32 Å². The summed E-state index contributed by atoms with van der Waals surface area (Å²) in [5.74, 6) is -1.34. The first-order chi connectivity index (χ1) is 13.4. The van der Waals surface area contributed by atoms with Crippen molar-refractivity contribution in [2.45, 2.75) is 51.0 Å². The third-order valence-electron chi connectivity index (χ3n) is 6.02. The van der Waals surface area contributed by atoms with Crippen molar-refractivity contribution in [3.63, 3.8) is 0 Å². The van der Waals surface area contributed by atoms with E-state index in [9.17, 15) is 19.2 Å². The Morgan fingerprint density at radius 1 is 1.18 bits per heavy atom. The Kier molecular flexibility index (Phi) is 4.69. The Hall–Kier alpha value is -2.70. The molecule has 148 valence electrons. The van der Waals surface area contributed by atoms with Crippen molar-refractivity contribution in [2.24, 2.45) is 5.92 Å². The second kappa shape index (κ2) is 7.04. The molecule has 1 aromatic carbocycles. The first-order valence-electron chi connectivity index (χ1n) is 9.83. The highest BCUT2D eigenvalue weighted by Gasteiger charge is 2.56. The van der Waals surface area contributed by atoms with Gasteiger partial charge >= 0.3 is 12.0 Å². The number of aryl methyl sites for hydroxylation is 2. The highest BCUT2D eigenvalue weighted by Crippen LogP contribution is 2.42. The number of urea groups is 1. The van der Waals surface area contributed by atoms with E-state index in [2.05, 4.69) is 5.32 Å². The molecule has 2 fully saturated rings. The predicted octanol–water partition coefficient (Wildman–Crippen LogP) is 2.01. The van der Waals surface area contributed by atoms with Crippen molar-refractivity contribution in [1.82, 2.24) is 10.2 Å². The van der Waals surface area contributed by atoms with Gasteiger partial charge in [0.15, 0.2) is 12.4 Å². The van der Waals surface area contributed by atoms with Gasteiger partial charge in [-0.3, -0.25) is 19.3 Å². The van der Waals surface area contributed by atoms with Crippen molar-refractivity contribution < 1.29 is 23.9 Å². The number of ketones is 1. The lowest BCUT2D eigenvalue weighted by atomic mass is 9.90. The molecule has 0 spiro atoms. The lowest BCUT2D eigenvalue weighted by Crippen LogP contribution is -2.46. The zero-order valence-corrected chi connectivity index (χ0v) is 16.0. The Bertz CT molecular complexity index is 860. The van der Waals surface area contributed by atoms with E-state index in [1.165, 1.54) is 17.5 Å². The van der Waals surface area contributed by atoms with Crippen LogP contribution in [-0.4, -0.2) is 47.3 Å². The Morgan fingerprint density at radius 2 is 1.89 bits per heavy atom. The van der Waals surface area contributed by atoms with E-state index in [4.69, 9.17) is 4.74 Å². The smallest absolute Gasteiger partial charge is 0.326 e. The zero-order chi connectivity index (χ0) is 19.9. The SMILES string of the molecule is C[C@]1(C2CC2)NC(=O)N(CC(=O)OCC(=O)c2ccc3c(c2)CCCC3)C1=O. The largest absolute Gasteiger partial charge is 0.456 e. The van der Waals surface area contributed by atoms with Crippen molar-refractivity contribution in [1.29, 1.82) is 0 Å². The van der Waals surface area contributed by atoms with Crippen LogP contribution in [0.4, 0.5) is 4.79 Å². The van der Waals surface area contributed by atoms with Crippen LogP contribution in [0.1, 0.15) is 54.1 Å². The molecule has 1 aliphatic heterocycles. The molecule has 7 heteroatoms. The molecular weight excluding hydrogens is 360 g/mol. The van der Waals surface area contributed by atoms with Gasteiger partial charge in [-0.2, -0.15) is 0 Å². The quantitative estimate of drug-likeness (QED) is 0.460.